The molecular weight excluding hydrogens is 307 g/mol. The van der Waals surface area contributed by atoms with E-state index in [2.05, 4.69) is 23.3 Å². The van der Waals surface area contributed by atoms with Gasteiger partial charge in [-0.15, -0.1) is 0 Å². The molecule has 1 aromatic carbocycles. The third-order valence-electron chi connectivity index (χ3n) is 4.24. The fourth-order valence-electron chi connectivity index (χ4n) is 2.80. The minimum absolute atomic E-state index is 0.130. The van der Waals surface area contributed by atoms with E-state index in [9.17, 15) is 9.50 Å². The molecule has 0 unspecified atom stereocenters. The highest BCUT2D eigenvalue weighted by molar-refractivity contribution is 5.32. The first-order chi connectivity index (χ1) is 11.2. The molecule has 136 valence electrons. The van der Waals surface area contributed by atoms with Gasteiger partial charge in [-0.1, -0.05) is 12.6 Å². The standard InChI is InChI=1S/C19H31FN2O2/c1-7-22(8-2)13-17(14-24-6)21(5)12-15-11-16(20)9-10-18(15)19(3,4)23/h7,9-11,17,23H,1,8,12-14H2,2-6H3/t17-/m1/s1. The van der Waals surface area contributed by atoms with E-state index < -0.39 is 5.60 Å². The minimum atomic E-state index is -1.02. The third kappa shape index (κ3) is 5.89. The van der Waals surface area contributed by atoms with E-state index in [1.165, 1.54) is 12.1 Å². The predicted octanol–water partition coefficient (Wildman–Crippen LogP) is 2.97. The molecule has 0 radical (unpaired) electrons. The summed E-state index contributed by atoms with van der Waals surface area (Å²) in [5, 5.41) is 10.3. The van der Waals surface area contributed by atoms with Crippen LogP contribution in [-0.4, -0.2) is 54.8 Å². The fraction of sp³-hybridized carbons (Fsp3) is 0.579. The van der Waals surface area contributed by atoms with Crippen molar-refractivity contribution in [2.75, 3.05) is 33.9 Å². The highest BCUT2D eigenvalue weighted by atomic mass is 19.1. The van der Waals surface area contributed by atoms with Crippen molar-refractivity contribution in [2.24, 2.45) is 0 Å². The zero-order valence-electron chi connectivity index (χ0n) is 15.6. The Bertz CT molecular complexity index is 529. The molecule has 1 aromatic rings. The van der Waals surface area contributed by atoms with Crippen molar-refractivity contribution in [1.82, 2.24) is 9.80 Å². The zero-order chi connectivity index (χ0) is 18.3. The van der Waals surface area contributed by atoms with Crippen LogP contribution in [0.1, 0.15) is 31.9 Å². The second-order valence-electron chi connectivity index (χ2n) is 6.65. The topological polar surface area (TPSA) is 35.9 Å². The Morgan fingerprint density at radius 3 is 2.58 bits per heavy atom. The molecule has 0 aliphatic carbocycles. The Morgan fingerprint density at radius 1 is 1.42 bits per heavy atom. The normalized spacial score (nSPS) is 13.2. The first kappa shape index (κ1) is 20.6. The minimum Gasteiger partial charge on any atom is -0.386 e. The van der Waals surface area contributed by atoms with Crippen LogP contribution in [0.5, 0.6) is 0 Å². The number of aliphatic hydroxyl groups is 1. The van der Waals surface area contributed by atoms with Gasteiger partial charge in [0, 0.05) is 26.7 Å². The Hall–Kier alpha value is -1.43. The van der Waals surface area contributed by atoms with Crippen LogP contribution < -0.4 is 0 Å². The maximum absolute atomic E-state index is 13.7. The summed E-state index contributed by atoms with van der Waals surface area (Å²) in [4.78, 5) is 4.24. The van der Waals surface area contributed by atoms with Gasteiger partial charge in [-0.2, -0.15) is 0 Å². The zero-order valence-corrected chi connectivity index (χ0v) is 15.6. The smallest absolute Gasteiger partial charge is 0.123 e. The largest absolute Gasteiger partial charge is 0.386 e. The van der Waals surface area contributed by atoms with Crippen LogP contribution in [0.2, 0.25) is 0 Å². The molecule has 0 saturated heterocycles. The van der Waals surface area contributed by atoms with Gasteiger partial charge in [0.25, 0.3) is 0 Å². The first-order valence-electron chi connectivity index (χ1n) is 8.30. The molecule has 0 fully saturated rings. The van der Waals surface area contributed by atoms with E-state index in [0.29, 0.717) is 13.2 Å². The van der Waals surface area contributed by atoms with E-state index in [4.69, 9.17) is 4.74 Å². The molecule has 0 heterocycles. The molecule has 24 heavy (non-hydrogen) atoms. The van der Waals surface area contributed by atoms with Gasteiger partial charge in [-0.25, -0.2) is 4.39 Å². The van der Waals surface area contributed by atoms with E-state index in [0.717, 1.165) is 24.2 Å². The highest BCUT2D eigenvalue weighted by Gasteiger charge is 2.23. The Balaban J connectivity index is 3.00. The van der Waals surface area contributed by atoms with Crippen molar-refractivity contribution in [3.63, 3.8) is 0 Å². The van der Waals surface area contributed by atoms with Gasteiger partial charge in [-0.05, 0) is 57.3 Å². The van der Waals surface area contributed by atoms with E-state index in [1.807, 2.05) is 13.2 Å². The molecule has 0 aliphatic heterocycles. The second-order valence-corrected chi connectivity index (χ2v) is 6.65. The molecule has 0 bridgehead atoms. The van der Waals surface area contributed by atoms with Gasteiger partial charge in [-0.3, -0.25) is 4.90 Å². The van der Waals surface area contributed by atoms with Gasteiger partial charge in [0.1, 0.15) is 5.82 Å². The summed E-state index contributed by atoms with van der Waals surface area (Å²) in [6.45, 7) is 12.1. The molecule has 0 spiro atoms. The third-order valence-corrected chi connectivity index (χ3v) is 4.24. The number of rotatable bonds is 10. The Morgan fingerprint density at radius 2 is 2.08 bits per heavy atom. The van der Waals surface area contributed by atoms with E-state index in [1.54, 1.807) is 27.0 Å². The summed E-state index contributed by atoms with van der Waals surface area (Å²) in [5.41, 5.74) is 0.507. The molecular formula is C19H31FN2O2. The van der Waals surface area contributed by atoms with Crippen molar-refractivity contribution < 1.29 is 14.2 Å². The van der Waals surface area contributed by atoms with Crippen LogP contribution in [0.4, 0.5) is 4.39 Å². The van der Waals surface area contributed by atoms with E-state index >= 15 is 0 Å². The van der Waals surface area contributed by atoms with Crippen molar-refractivity contribution in [3.05, 3.63) is 47.9 Å². The van der Waals surface area contributed by atoms with Crippen molar-refractivity contribution >= 4 is 0 Å². The van der Waals surface area contributed by atoms with E-state index in [-0.39, 0.29) is 11.9 Å². The van der Waals surface area contributed by atoms with Crippen molar-refractivity contribution in [2.45, 2.75) is 39.0 Å². The average molecular weight is 338 g/mol. The monoisotopic (exact) mass is 338 g/mol. The van der Waals surface area contributed by atoms with Crippen LogP contribution in [0.15, 0.2) is 31.0 Å². The predicted molar refractivity (Wildman–Crippen MR) is 96.2 cm³/mol. The number of hydrogen-bond donors (Lipinski definition) is 1. The summed E-state index contributed by atoms with van der Waals surface area (Å²) < 4.78 is 19.1. The average Bonchev–Trinajstić information content (AvgIpc) is 2.50. The molecule has 0 aliphatic rings. The van der Waals surface area contributed by atoms with Crippen LogP contribution in [0.3, 0.4) is 0 Å². The number of nitrogens with zero attached hydrogens (tertiary/aromatic N) is 2. The number of likely N-dealkylation sites (N-methyl/N-ethyl adjacent to an activating group) is 2. The van der Waals surface area contributed by atoms with Crippen LogP contribution in [0.25, 0.3) is 0 Å². The van der Waals surface area contributed by atoms with Gasteiger partial charge in [0.2, 0.25) is 0 Å². The second kappa shape index (κ2) is 9.16. The lowest BCUT2D eigenvalue weighted by Crippen LogP contribution is -2.43. The molecule has 5 heteroatoms. The summed E-state index contributed by atoms with van der Waals surface area (Å²) in [7, 11) is 3.66. The fourth-order valence-corrected chi connectivity index (χ4v) is 2.80. The summed E-state index contributed by atoms with van der Waals surface area (Å²) in [6.07, 6.45) is 1.82. The molecule has 1 N–H and O–H groups in total. The Kier molecular flexibility index (Phi) is 7.87. The molecule has 0 saturated carbocycles. The molecule has 0 amide bonds. The Labute approximate surface area is 145 Å². The summed E-state index contributed by atoms with van der Waals surface area (Å²) >= 11 is 0. The maximum Gasteiger partial charge on any atom is 0.123 e. The van der Waals surface area contributed by atoms with Gasteiger partial charge in [0.15, 0.2) is 0 Å². The van der Waals surface area contributed by atoms with Gasteiger partial charge in [0.05, 0.1) is 18.2 Å². The highest BCUT2D eigenvalue weighted by Crippen LogP contribution is 2.26. The summed E-state index contributed by atoms with van der Waals surface area (Å²) in [6, 6.07) is 4.68. The first-order valence-corrected chi connectivity index (χ1v) is 8.30. The van der Waals surface area contributed by atoms with Crippen molar-refractivity contribution in [1.29, 1.82) is 0 Å². The number of ether oxygens (including phenoxy) is 1. The lowest BCUT2D eigenvalue weighted by Gasteiger charge is -2.33. The van der Waals surface area contributed by atoms with Gasteiger partial charge < -0.3 is 14.7 Å². The molecule has 1 rings (SSSR count). The van der Waals surface area contributed by atoms with Crippen LogP contribution >= 0.6 is 0 Å². The summed E-state index contributed by atoms with van der Waals surface area (Å²) in [5.74, 6) is -0.295. The molecule has 1 atom stereocenters. The van der Waals surface area contributed by atoms with Crippen LogP contribution in [-0.2, 0) is 16.9 Å². The lowest BCUT2D eigenvalue weighted by atomic mass is 9.92. The SMILES string of the molecule is C=CN(CC)C[C@H](COC)N(C)Cc1cc(F)ccc1C(C)(C)O. The lowest BCUT2D eigenvalue weighted by molar-refractivity contribution is 0.0711. The quantitative estimate of drug-likeness (QED) is 0.711. The molecule has 4 nitrogen and oxygen atoms in total. The van der Waals surface area contributed by atoms with Crippen molar-refractivity contribution in [3.8, 4) is 0 Å². The maximum atomic E-state index is 13.7. The molecule has 0 aromatic heterocycles. The number of hydrogen-bond acceptors (Lipinski definition) is 4. The number of halogens is 1. The number of benzene rings is 1. The van der Waals surface area contributed by atoms with Gasteiger partial charge >= 0.3 is 0 Å². The van der Waals surface area contributed by atoms with Crippen LogP contribution in [0, 0.1) is 5.82 Å². The number of methoxy groups -OCH3 is 1.